The zero-order chi connectivity index (χ0) is 13.1. The summed E-state index contributed by atoms with van der Waals surface area (Å²) in [5.41, 5.74) is 0. The Morgan fingerprint density at radius 1 is 1.39 bits per heavy atom. The Balaban J connectivity index is 1.94. The molecule has 0 aromatic rings. The molecule has 2 N–H and O–H groups in total. The Bertz CT molecular complexity index is 332. The maximum Gasteiger partial charge on any atom is 0.305 e. The van der Waals surface area contributed by atoms with E-state index in [-0.39, 0.29) is 18.4 Å². The number of likely N-dealkylation sites (N-methyl/N-ethyl adjacent to an activating group) is 1. The topological polar surface area (TPSA) is 69.6 Å². The van der Waals surface area contributed by atoms with Crippen molar-refractivity contribution < 1.29 is 14.7 Å². The molecule has 0 radical (unpaired) electrons. The number of amides is 1. The van der Waals surface area contributed by atoms with Gasteiger partial charge in [0.15, 0.2) is 0 Å². The van der Waals surface area contributed by atoms with Gasteiger partial charge in [-0.1, -0.05) is 6.42 Å². The maximum absolute atomic E-state index is 12.4. The van der Waals surface area contributed by atoms with Crippen LogP contribution in [0.2, 0.25) is 0 Å². The lowest BCUT2D eigenvalue weighted by Gasteiger charge is -2.26. The fraction of sp³-hybridized carbons (Fsp3) is 0.846. The van der Waals surface area contributed by atoms with Crippen molar-refractivity contribution >= 4 is 11.9 Å². The van der Waals surface area contributed by atoms with Gasteiger partial charge in [0.2, 0.25) is 5.91 Å². The first-order chi connectivity index (χ1) is 8.63. The first-order valence-corrected chi connectivity index (χ1v) is 6.87. The average Bonchev–Trinajstić information content (AvgIpc) is 2.90. The predicted octanol–water partition coefficient (Wildman–Crippen LogP) is 0.698. The monoisotopic (exact) mass is 254 g/mol. The molecule has 2 fully saturated rings. The molecule has 0 aromatic carbocycles. The summed E-state index contributed by atoms with van der Waals surface area (Å²) in [5, 5.41) is 12.0. The number of nitrogens with zero attached hydrogens (tertiary/aromatic N) is 1. The molecule has 1 amide bonds. The van der Waals surface area contributed by atoms with E-state index in [4.69, 9.17) is 5.11 Å². The number of carboxylic acid groups (broad SMARTS) is 1. The third-order valence-electron chi connectivity index (χ3n) is 4.30. The Kier molecular flexibility index (Phi) is 4.22. The van der Waals surface area contributed by atoms with Crippen molar-refractivity contribution in [1.29, 1.82) is 0 Å². The van der Waals surface area contributed by atoms with Crippen molar-refractivity contribution in [3.05, 3.63) is 0 Å². The number of nitrogens with one attached hydrogen (secondary N) is 1. The van der Waals surface area contributed by atoms with E-state index in [1.165, 1.54) is 12.8 Å². The summed E-state index contributed by atoms with van der Waals surface area (Å²) in [7, 11) is 0. The number of aliphatic carboxylic acids is 1. The fourth-order valence-electron chi connectivity index (χ4n) is 3.31. The summed E-state index contributed by atoms with van der Waals surface area (Å²) in [6, 6.07) is -0.0776. The summed E-state index contributed by atoms with van der Waals surface area (Å²) in [6.07, 6.45) is 3.61. The number of carbonyl (C=O) groups is 2. The summed E-state index contributed by atoms with van der Waals surface area (Å²) in [5.74, 6) is 0.362. The summed E-state index contributed by atoms with van der Waals surface area (Å²) < 4.78 is 0. The van der Waals surface area contributed by atoms with Crippen LogP contribution in [0, 0.1) is 11.8 Å². The molecule has 1 aliphatic carbocycles. The van der Waals surface area contributed by atoms with Gasteiger partial charge in [0, 0.05) is 13.1 Å². The molecule has 1 saturated heterocycles. The van der Waals surface area contributed by atoms with E-state index in [1.807, 2.05) is 6.92 Å². The van der Waals surface area contributed by atoms with Gasteiger partial charge in [-0.25, -0.2) is 0 Å². The van der Waals surface area contributed by atoms with Crippen molar-refractivity contribution in [1.82, 2.24) is 10.2 Å². The van der Waals surface area contributed by atoms with E-state index < -0.39 is 5.97 Å². The van der Waals surface area contributed by atoms with Gasteiger partial charge < -0.3 is 15.3 Å². The molecule has 1 heterocycles. The quantitative estimate of drug-likeness (QED) is 0.757. The highest BCUT2D eigenvalue weighted by atomic mass is 16.4. The Morgan fingerprint density at radius 3 is 2.83 bits per heavy atom. The lowest BCUT2D eigenvalue weighted by atomic mass is 9.93. The number of carbonyl (C=O) groups excluding carboxylic acids is 1. The van der Waals surface area contributed by atoms with Crippen molar-refractivity contribution in [2.24, 2.45) is 11.8 Å². The minimum Gasteiger partial charge on any atom is -0.481 e. The molecule has 3 atom stereocenters. The van der Waals surface area contributed by atoms with E-state index >= 15 is 0 Å². The van der Waals surface area contributed by atoms with Crippen molar-refractivity contribution in [2.75, 3.05) is 19.6 Å². The van der Waals surface area contributed by atoms with E-state index in [0.29, 0.717) is 24.9 Å². The van der Waals surface area contributed by atoms with Crippen LogP contribution in [0.3, 0.4) is 0 Å². The minimum atomic E-state index is -0.848. The van der Waals surface area contributed by atoms with Crippen LogP contribution in [-0.4, -0.2) is 47.6 Å². The Morgan fingerprint density at radius 2 is 2.17 bits per heavy atom. The summed E-state index contributed by atoms with van der Waals surface area (Å²) in [6.45, 7) is 3.75. The normalized spacial score (nSPS) is 30.2. The molecule has 0 bridgehead atoms. The van der Waals surface area contributed by atoms with Crippen molar-refractivity contribution in [3.8, 4) is 0 Å². The number of carboxylic acids is 1. The van der Waals surface area contributed by atoms with Crippen LogP contribution < -0.4 is 5.32 Å². The predicted molar refractivity (Wildman–Crippen MR) is 67.1 cm³/mol. The molecule has 2 rings (SSSR count). The second-order valence-corrected chi connectivity index (χ2v) is 5.30. The SMILES string of the molecule is CCN(CCC(=O)O)C(=O)C1NCC2CCCC21. The van der Waals surface area contributed by atoms with Gasteiger partial charge in [-0.3, -0.25) is 9.59 Å². The fourth-order valence-corrected chi connectivity index (χ4v) is 3.31. The molecule has 2 aliphatic rings. The second-order valence-electron chi connectivity index (χ2n) is 5.30. The van der Waals surface area contributed by atoms with Crippen molar-refractivity contribution in [2.45, 2.75) is 38.6 Å². The van der Waals surface area contributed by atoms with E-state index in [9.17, 15) is 9.59 Å². The molecule has 3 unspecified atom stereocenters. The minimum absolute atomic E-state index is 0.0282. The molecule has 1 aliphatic heterocycles. The third-order valence-corrected chi connectivity index (χ3v) is 4.30. The highest BCUT2D eigenvalue weighted by Gasteiger charge is 2.43. The van der Waals surface area contributed by atoms with Gasteiger partial charge in [0.05, 0.1) is 12.5 Å². The molecule has 0 spiro atoms. The summed E-state index contributed by atoms with van der Waals surface area (Å²) >= 11 is 0. The van der Waals surface area contributed by atoms with Crippen LogP contribution in [-0.2, 0) is 9.59 Å². The Labute approximate surface area is 108 Å². The largest absolute Gasteiger partial charge is 0.481 e. The van der Waals surface area contributed by atoms with Gasteiger partial charge in [0.1, 0.15) is 0 Å². The molecule has 18 heavy (non-hydrogen) atoms. The van der Waals surface area contributed by atoms with Gasteiger partial charge in [-0.05, 0) is 38.1 Å². The average molecular weight is 254 g/mol. The van der Waals surface area contributed by atoms with Crippen LogP contribution in [0.5, 0.6) is 0 Å². The van der Waals surface area contributed by atoms with Gasteiger partial charge >= 0.3 is 5.97 Å². The van der Waals surface area contributed by atoms with E-state index in [1.54, 1.807) is 4.90 Å². The lowest BCUT2D eigenvalue weighted by molar-refractivity contribution is -0.139. The lowest BCUT2D eigenvalue weighted by Crippen LogP contribution is -2.47. The highest BCUT2D eigenvalue weighted by Crippen LogP contribution is 2.38. The molecule has 102 valence electrons. The van der Waals surface area contributed by atoms with Crippen LogP contribution in [0.1, 0.15) is 32.6 Å². The van der Waals surface area contributed by atoms with Crippen LogP contribution in [0.4, 0.5) is 0 Å². The van der Waals surface area contributed by atoms with E-state index in [2.05, 4.69) is 5.32 Å². The van der Waals surface area contributed by atoms with Gasteiger partial charge in [-0.2, -0.15) is 0 Å². The summed E-state index contributed by atoms with van der Waals surface area (Å²) in [4.78, 5) is 24.7. The molecule has 1 saturated carbocycles. The first-order valence-electron chi connectivity index (χ1n) is 6.87. The maximum atomic E-state index is 12.4. The zero-order valence-electron chi connectivity index (χ0n) is 10.9. The third kappa shape index (κ3) is 2.66. The molecular weight excluding hydrogens is 232 g/mol. The molecule has 5 nitrogen and oxygen atoms in total. The van der Waals surface area contributed by atoms with Crippen LogP contribution >= 0.6 is 0 Å². The van der Waals surface area contributed by atoms with Gasteiger partial charge in [-0.15, -0.1) is 0 Å². The highest BCUT2D eigenvalue weighted by molar-refractivity contribution is 5.83. The first kappa shape index (κ1) is 13.3. The smallest absolute Gasteiger partial charge is 0.305 e. The van der Waals surface area contributed by atoms with Crippen LogP contribution in [0.25, 0.3) is 0 Å². The molecule has 0 aromatic heterocycles. The Hall–Kier alpha value is -1.10. The number of rotatable bonds is 5. The van der Waals surface area contributed by atoms with E-state index in [0.717, 1.165) is 13.0 Å². The standard InChI is InChI=1S/C13H22N2O3/c1-2-15(7-6-11(16)17)13(18)12-10-5-3-4-9(10)8-14-12/h9-10,12,14H,2-8H2,1H3,(H,16,17). The van der Waals surface area contributed by atoms with Crippen molar-refractivity contribution in [3.63, 3.8) is 0 Å². The molecular formula is C13H22N2O3. The number of hydrogen-bond acceptors (Lipinski definition) is 3. The number of fused-ring (bicyclic) bond motifs is 1. The number of hydrogen-bond donors (Lipinski definition) is 2. The molecule has 5 heteroatoms. The zero-order valence-corrected chi connectivity index (χ0v) is 10.9. The van der Waals surface area contributed by atoms with Crippen LogP contribution in [0.15, 0.2) is 0 Å². The second kappa shape index (κ2) is 5.69. The van der Waals surface area contributed by atoms with Gasteiger partial charge in [0.25, 0.3) is 0 Å².